The second-order valence-electron chi connectivity index (χ2n) is 7.99. The number of ether oxygens (including phenoxy) is 1. The minimum atomic E-state index is -0.420. The number of aromatic amines is 1. The normalized spacial score (nSPS) is 11.8. The first-order valence-electron chi connectivity index (χ1n) is 11.1. The highest BCUT2D eigenvalue weighted by Gasteiger charge is 2.28. The second-order valence-corrected chi connectivity index (χ2v) is 8.37. The Morgan fingerprint density at radius 2 is 1.68 bits per heavy atom. The van der Waals surface area contributed by atoms with Gasteiger partial charge in [-0.15, -0.1) is 0 Å². The lowest BCUT2D eigenvalue weighted by Gasteiger charge is -2.14. The summed E-state index contributed by atoms with van der Waals surface area (Å²) in [6.45, 7) is 0.739. The minimum absolute atomic E-state index is 0.0575. The first kappa shape index (κ1) is 21.7. The van der Waals surface area contributed by atoms with Crippen molar-refractivity contribution in [1.82, 2.24) is 14.9 Å². The van der Waals surface area contributed by atoms with E-state index in [1.54, 1.807) is 6.20 Å². The van der Waals surface area contributed by atoms with Crippen LogP contribution in [0, 0.1) is 16.6 Å². The summed E-state index contributed by atoms with van der Waals surface area (Å²) in [4.78, 5) is 15.2. The summed E-state index contributed by atoms with van der Waals surface area (Å²) < 4.78 is 8.10. The van der Waals surface area contributed by atoms with Crippen LogP contribution >= 0.6 is 12.2 Å². The van der Waals surface area contributed by atoms with E-state index in [9.17, 15) is 4.79 Å². The van der Waals surface area contributed by atoms with E-state index in [-0.39, 0.29) is 5.92 Å². The van der Waals surface area contributed by atoms with Crippen molar-refractivity contribution in [3.8, 4) is 28.7 Å². The van der Waals surface area contributed by atoms with E-state index in [1.165, 1.54) is 22.3 Å². The third-order valence-electron chi connectivity index (χ3n) is 5.89. The molecule has 1 aliphatic rings. The largest absolute Gasteiger partial charge is 0.449 e. The molecule has 0 aliphatic heterocycles. The Labute approximate surface area is 203 Å². The van der Waals surface area contributed by atoms with Crippen LogP contribution in [0.1, 0.15) is 29.0 Å². The van der Waals surface area contributed by atoms with Gasteiger partial charge in [0.15, 0.2) is 4.77 Å². The van der Waals surface area contributed by atoms with Crippen LogP contribution < -0.4 is 5.32 Å². The van der Waals surface area contributed by atoms with Crippen LogP contribution in [0.25, 0.3) is 16.8 Å². The number of alkyl carbamates (subject to hydrolysis) is 1. The standard InChI is InChI=1S/C28H23N3O2S/c32-28(33-19-26-24-10-3-1-8-22(24)23-9-2-4-11-25(23)26)30-16-6-5-7-20-12-14-21(15-13-20)31-18-17-29-27(31)34/h1-4,8-15,17-18,26H,6,16,19H2,(H,29,34)(H,30,32). The number of amides is 1. The van der Waals surface area contributed by atoms with Crippen molar-refractivity contribution in [2.45, 2.75) is 12.3 Å². The Hall–Kier alpha value is -4.08. The Morgan fingerprint density at radius 3 is 2.32 bits per heavy atom. The summed E-state index contributed by atoms with van der Waals surface area (Å²) in [6, 6.07) is 24.5. The van der Waals surface area contributed by atoms with Crippen LogP contribution in [-0.2, 0) is 4.74 Å². The Morgan fingerprint density at radius 1 is 1.00 bits per heavy atom. The van der Waals surface area contributed by atoms with Gasteiger partial charge in [0.1, 0.15) is 6.61 Å². The Balaban J connectivity index is 1.11. The lowest BCUT2D eigenvalue weighted by atomic mass is 9.98. The number of H-pyrrole nitrogens is 1. The highest BCUT2D eigenvalue weighted by Crippen LogP contribution is 2.44. The minimum Gasteiger partial charge on any atom is -0.449 e. The molecular weight excluding hydrogens is 442 g/mol. The molecule has 0 fully saturated rings. The molecule has 4 aromatic rings. The monoisotopic (exact) mass is 465 g/mol. The fourth-order valence-electron chi connectivity index (χ4n) is 4.27. The number of rotatable bonds is 5. The molecule has 6 heteroatoms. The fourth-order valence-corrected chi connectivity index (χ4v) is 4.50. The molecule has 0 atom stereocenters. The van der Waals surface area contributed by atoms with Crippen LogP contribution in [0.15, 0.2) is 85.2 Å². The van der Waals surface area contributed by atoms with Gasteiger partial charge in [-0.3, -0.25) is 4.57 Å². The van der Waals surface area contributed by atoms with Gasteiger partial charge in [0.05, 0.1) is 0 Å². The van der Waals surface area contributed by atoms with E-state index in [4.69, 9.17) is 17.0 Å². The number of carbonyl (C=O) groups is 1. The number of imidazole rings is 1. The molecule has 0 spiro atoms. The molecule has 1 heterocycles. The third-order valence-corrected chi connectivity index (χ3v) is 6.20. The molecule has 0 saturated carbocycles. The van der Waals surface area contributed by atoms with E-state index in [2.05, 4.69) is 46.4 Å². The van der Waals surface area contributed by atoms with Gasteiger partial charge >= 0.3 is 6.09 Å². The average molecular weight is 466 g/mol. The molecular formula is C28H23N3O2S. The van der Waals surface area contributed by atoms with Gasteiger partial charge in [-0.25, -0.2) is 4.79 Å². The third kappa shape index (κ3) is 4.52. The average Bonchev–Trinajstić information content (AvgIpc) is 3.44. The summed E-state index contributed by atoms with van der Waals surface area (Å²) in [6.07, 6.45) is 3.81. The number of aromatic nitrogens is 2. The van der Waals surface area contributed by atoms with Gasteiger partial charge in [-0.2, -0.15) is 0 Å². The van der Waals surface area contributed by atoms with E-state index in [0.29, 0.717) is 24.3 Å². The van der Waals surface area contributed by atoms with E-state index < -0.39 is 6.09 Å². The van der Waals surface area contributed by atoms with Crippen molar-refractivity contribution in [2.24, 2.45) is 0 Å². The summed E-state index contributed by atoms with van der Waals surface area (Å²) in [5.41, 5.74) is 6.72. The van der Waals surface area contributed by atoms with Crippen molar-refractivity contribution in [3.63, 3.8) is 0 Å². The van der Waals surface area contributed by atoms with Gasteiger partial charge < -0.3 is 15.0 Å². The van der Waals surface area contributed by atoms with E-state index >= 15 is 0 Å². The first-order chi connectivity index (χ1) is 16.7. The number of hydrogen-bond acceptors (Lipinski definition) is 3. The van der Waals surface area contributed by atoms with Crippen molar-refractivity contribution in [2.75, 3.05) is 13.2 Å². The molecule has 5 nitrogen and oxygen atoms in total. The highest BCUT2D eigenvalue weighted by molar-refractivity contribution is 7.71. The van der Waals surface area contributed by atoms with Crippen LogP contribution in [0.5, 0.6) is 0 Å². The highest BCUT2D eigenvalue weighted by atomic mass is 32.1. The lowest BCUT2D eigenvalue weighted by molar-refractivity contribution is 0.143. The van der Waals surface area contributed by atoms with Gasteiger partial charge in [0.25, 0.3) is 0 Å². The maximum atomic E-state index is 12.2. The summed E-state index contributed by atoms with van der Waals surface area (Å²) in [5.74, 6) is 6.27. The smallest absolute Gasteiger partial charge is 0.407 e. The van der Waals surface area contributed by atoms with Gasteiger partial charge in [-0.05, 0) is 58.7 Å². The molecule has 2 N–H and O–H groups in total. The molecule has 0 saturated heterocycles. The molecule has 168 valence electrons. The SMILES string of the molecule is O=C(NCCC#Cc1ccc(-n2cc[nH]c2=S)cc1)OCC1c2ccccc2-c2ccccc21. The van der Waals surface area contributed by atoms with Crippen LogP contribution in [-0.4, -0.2) is 28.8 Å². The van der Waals surface area contributed by atoms with E-state index in [1.807, 2.05) is 59.3 Å². The zero-order valence-corrected chi connectivity index (χ0v) is 19.3. The van der Waals surface area contributed by atoms with Crippen LogP contribution in [0.2, 0.25) is 0 Å². The predicted molar refractivity (Wildman–Crippen MR) is 136 cm³/mol. The number of nitrogens with zero attached hydrogens (tertiary/aromatic N) is 1. The molecule has 0 bridgehead atoms. The quantitative estimate of drug-likeness (QED) is 0.222. The molecule has 5 rings (SSSR count). The molecule has 0 unspecified atom stereocenters. The molecule has 1 amide bonds. The van der Waals surface area contributed by atoms with Crippen molar-refractivity contribution >= 4 is 18.3 Å². The Kier molecular flexibility index (Phi) is 6.28. The summed E-state index contributed by atoms with van der Waals surface area (Å²) >= 11 is 5.24. The van der Waals surface area contributed by atoms with Crippen molar-refractivity contribution in [1.29, 1.82) is 0 Å². The van der Waals surface area contributed by atoms with Crippen LogP contribution in [0.3, 0.4) is 0 Å². The molecule has 3 aromatic carbocycles. The van der Waals surface area contributed by atoms with Crippen molar-refractivity contribution in [3.05, 3.63) is 107 Å². The zero-order chi connectivity index (χ0) is 23.3. The maximum absolute atomic E-state index is 12.2. The number of fused-ring (bicyclic) bond motifs is 3. The molecule has 0 radical (unpaired) electrons. The van der Waals surface area contributed by atoms with Gasteiger partial charge in [0, 0.05) is 42.5 Å². The van der Waals surface area contributed by atoms with Gasteiger partial charge in [0.2, 0.25) is 0 Å². The number of nitrogens with one attached hydrogen (secondary N) is 2. The van der Waals surface area contributed by atoms with E-state index in [0.717, 1.165) is 11.3 Å². The maximum Gasteiger partial charge on any atom is 0.407 e. The number of hydrogen-bond donors (Lipinski definition) is 2. The molecule has 1 aromatic heterocycles. The second kappa shape index (κ2) is 9.82. The molecule has 34 heavy (non-hydrogen) atoms. The first-order valence-corrected chi connectivity index (χ1v) is 11.6. The van der Waals surface area contributed by atoms with Crippen molar-refractivity contribution < 1.29 is 9.53 Å². The number of benzene rings is 3. The Bertz CT molecular complexity index is 1400. The summed E-state index contributed by atoms with van der Waals surface area (Å²) in [5, 5.41) is 2.79. The fraction of sp³-hybridized carbons (Fsp3) is 0.143. The van der Waals surface area contributed by atoms with Crippen LogP contribution in [0.4, 0.5) is 4.79 Å². The predicted octanol–water partition coefficient (Wildman–Crippen LogP) is 5.82. The zero-order valence-electron chi connectivity index (χ0n) is 18.5. The molecule has 1 aliphatic carbocycles. The number of carbonyl (C=O) groups excluding carboxylic acids is 1. The summed E-state index contributed by atoms with van der Waals surface area (Å²) in [7, 11) is 0. The van der Waals surface area contributed by atoms with Gasteiger partial charge in [-0.1, -0.05) is 60.4 Å². The topological polar surface area (TPSA) is 59.0 Å². The lowest BCUT2D eigenvalue weighted by Crippen LogP contribution is -2.26.